The first-order chi connectivity index (χ1) is 10.3. The summed E-state index contributed by atoms with van der Waals surface area (Å²) in [4.78, 5) is 11.9. The summed E-state index contributed by atoms with van der Waals surface area (Å²) < 4.78 is 1.89. The van der Waals surface area contributed by atoms with E-state index in [0.29, 0.717) is 13.1 Å². The molecular formula is C17H21N3O. The molecule has 2 aromatic rings. The summed E-state index contributed by atoms with van der Waals surface area (Å²) in [5.41, 5.74) is 2.09. The Hall–Kier alpha value is -2.10. The van der Waals surface area contributed by atoms with Crippen molar-refractivity contribution < 1.29 is 4.79 Å². The van der Waals surface area contributed by atoms with Crippen LogP contribution in [0.4, 0.5) is 0 Å². The number of aromatic nitrogens is 2. The van der Waals surface area contributed by atoms with Crippen LogP contribution in [0.1, 0.15) is 25.7 Å². The predicted molar refractivity (Wildman–Crippen MR) is 82.6 cm³/mol. The number of amides is 1. The maximum atomic E-state index is 11.9. The van der Waals surface area contributed by atoms with Gasteiger partial charge in [-0.15, -0.1) is 0 Å². The summed E-state index contributed by atoms with van der Waals surface area (Å²) >= 11 is 0. The van der Waals surface area contributed by atoms with Gasteiger partial charge in [0.25, 0.3) is 0 Å². The summed E-state index contributed by atoms with van der Waals surface area (Å²) in [5, 5.41) is 7.56. The van der Waals surface area contributed by atoms with Crippen molar-refractivity contribution in [1.82, 2.24) is 15.1 Å². The highest BCUT2D eigenvalue weighted by Gasteiger charge is 2.21. The molecular weight excluding hydrogens is 262 g/mol. The van der Waals surface area contributed by atoms with E-state index in [4.69, 9.17) is 0 Å². The fraction of sp³-hybridized carbons (Fsp3) is 0.412. The van der Waals surface area contributed by atoms with Gasteiger partial charge in [-0.25, -0.2) is 0 Å². The van der Waals surface area contributed by atoms with Crippen molar-refractivity contribution in [3.63, 3.8) is 0 Å². The first kappa shape index (κ1) is 13.9. The van der Waals surface area contributed by atoms with Crippen LogP contribution in [0.25, 0.3) is 11.3 Å². The number of nitrogens with zero attached hydrogens (tertiary/aromatic N) is 2. The van der Waals surface area contributed by atoms with E-state index in [1.165, 1.54) is 12.8 Å². The van der Waals surface area contributed by atoms with Gasteiger partial charge in [-0.3, -0.25) is 9.48 Å². The van der Waals surface area contributed by atoms with E-state index in [0.717, 1.165) is 24.1 Å². The highest BCUT2D eigenvalue weighted by molar-refractivity contribution is 5.78. The van der Waals surface area contributed by atoms with Gasteiger partial charge in [0.05, 0.1) is 12.2 Å². The van der Waals surface area contributed by atoms with Crippen molar-refractivity contribution in [2.45, 2.75) is 32.2 Å². The number of nitrogens with one attached hydrogen (secondary N) is 1. The van der Waals surface area contributed by atoms with E-state index in [-0.39, 0.29) is 11.8 Å². The Morgan fingerprint density at radius 2 is 1.95 bits per heavy atom. The molecule has 1 fully saturated rings. The largest absolute Gasteiger partial charge is 0.354 e. The van der Waals surface area contributed by atoms with Crippen molar-refractivity contribution in [3.8, 4) is 11.3 Å². The third kappa shape index (κ3) is 3.51. The van der Waals surface area contributed by atoms with Crippen molar-refractivity contribution in [1.29, 1.82) is 0 Å². The molecule has 110 valence electrons. The van der Waals surface area contributed by atoms with Gasteiger partial charge in [-0.2, -0.15) is 5.10 Å². The standard InChI is InChI=1S/C17H21N3O/c21-17(15-8-4-5-9-15)18-11-13-20-12-10-16(19-20)14-6-2-1-3-7-14/h1-3,6-7,10,12,15H,4-5,8-9,11,13H2,(H,18,21). The molecule has 0 bridgehead atoms. The van der Waals surface area contributed by atoms with Crippen LogP contribution in [0.15, 0.2) is 42.6 Å². The van der Waals surface area contributed by atoms with E-state index in [1.54, 1.807) is 0 Å². The van der Waals surface area contributed by atoms with Crippen molar-refractivity contribution in [2.75, 3.05) is 6.54 Å². The van der Waals surface area contributed by atoms with Crippen LogP contribution in [0.3, 0.4) is 0 Å². The predicted octanol–water partition coefficient (Wildman–Crippen LogP) is 2.86. The van der Waals surface area contributed by atoms with Gasteiger partial charge in [0.1, 0.15) is 0 Å². The van der Waals surface area contributed by atoms with Gasteiger partial charge in [0.2, 0.25) is 5.91 Å². The fourth-order valence-corrected chi connectivity index (χ4v) is 2.88. The smallest absolute Gasteiger partial charge is 0.223 e. The molecule has 0 radical (unpaired) electrons. The molecule has 1 aromatic heterocycles. The topological polar surface area (TPSA) is 46.9 Å². The SMILES string of the molecule is O=C(NCCn1ccc(-c2ccccc2)n1)C1CCCC1. The monoisotopic (exact) mass is 283 g/mol. The molecule has 0 atom stereocenters. The number of hydrogen-bond donors (Lipinski definition) is 1. The van der Waals surface area contributed by atoms with E-state index >= 15 is 0 Å². The van der Waals surface area contributed by atoms with Crippen molar-refractivity contribution in [2.24, 2.45) is 5.92 Å². The zero-order valence-corrected chi connectivity index (χ0v) is 12.2. The van der Waals surface area contributed by atoms with E-state index in [9.17, 15) is 4.79 Å². The maximum absolute atomic E-state index is 11.9. The molecule has 1 amide bonds. The van der Waals surface area contributed by atoms with Gasteiger partial charge in [-0.1, -0.05) is 43.2 Å². The lowest BCUT2D eigenvalue weighted by Crippen LogP contribution is -2.32. The van der Waals surface area contributed by atoms with Crippen LogP contribution in [0.5, 0.6) is 0 Å². The third-order valence-electron chi connectivity index (χ3n) is 4.08. The third-order valence-corrected chi connectivity index (χ3v) is 4.08. The van der Waals surface area contributed by atoms with Crippen LogP contribution in [-0.2, 0) is 11.3 Å². The molecule has 1 aromatic carbocycles. The zero-order chi connectivity index (χ0) is 14.5. The summed E-state index contributed by atoms with van der Waals surface area (Å²) in [6, 6.07) is 12.1. The number of carbonyl (C=O) groups excluding carboxylic acids is 1. The Balaban J connectivity index is 1.50. The highest BCUT2D eigenvalue weighted by Crippen LogP contribution is 2.24. The molecule has 1 saturated carbocycles. The zero-order valence-electron chi connectivity index (χ0n) is 12.2. The molecule has 0 unspecified atom stereocenters. The minimum atomic E-state index is 0.211. The molecule has 0 saturated heterocycles. The summed E-state index contributed by atoms with van der Waals surface area (Å²) in [6.45, 7) is 1.36. The Kier molecular flexibility index (Phi) is 4.34. The molecule has 1 N–H and O–H groups in total. The highest BCUT2D eigenvalue weighted by atomic mass is 16.1. The number of benzene rings is 1. The first-order valence-electron chi connectivity index (χ1n) is 7.69. The fourth-order valence-electron chi connectivity index (χ4n) is 2.88. The van der Waals surface area contributed by atoms with Crippen LogP contribution in [0, 0.1) is 5.92 Å². The number of hydrogen-bond acceptors (Lipinski definition) is 2. The van der Waals surface area contributed by atoms with E-state index in [2.05, 4.69) is 22.5 Å². The second-order valence-electron chi connectivity index (χ2n) is 5.60. The lowest BCUT2D eigenvalue weighted by molar-refractivity contribution is -0.124. The van der Waals surface area contributed by atoms with Crippen molar-refractivity contribution >= 4 is 5.91 Å². The molecule has 1 aliphatic rings. The molecule has 0 aliphatic heterocycles. The number of rotatable bonds is 5. The Labute approximate surface area is 125 Å². The second kappa shape index (κ2) is 6.57. The molecule has 21 heavy (non-hydrogen) atoms. The lowest BCUT2D eigenvalue weighted by Gasteiger charge is -2.10. The van der Waals surface area contributed by atoms with Crippen LogP contribution >= 0.6 is 0 Å². The Morgan fingerprint density at radius 1 is 1.19 bits per heavy atom. The second-order valence-corrected chi connectivity index (χ2v) is 5.60. The molecule has 4 heteroatoms. The van der Waals surface area contributed by atoms with Crippen LogP contribution in [0.2, 0.25) is 0 Å². The summed E-state index contributed by atoms with van der Waals surface area (Å²) in [7, 11) is 0. The van der Waals surface area contributed by atoms with Crippen molar-refractivity contribution in [3.05, 3.63) is 42.6 Å². The van der Waals surface area contributed by atoms with E-state index in [1.807, 2.05) is 35.1 Å². The van der Waals surface area contributed by atoms with Crippen LogP contribution < -0.4 is 5.32 Å². The first-order valence-corrected chi connectivity index (χ1v) is 7.69. The van der Waals surface area contributed by atoms with Gasteiger partial charge in [0.15, 0.2) is 0 Å². The summed E-state index contributed by atoms with van der Waals surface area (Å²) in [6.07, 6.45) is 6.44. The van der Waals surface area contributed by atoms with Gasteiger partial charge in [-0.05, 0) is 18.9 Å². The van der Waals surface area contributed by atoms with Crippen LogP contribution in [-0.4, -0.2) is 22.2 Å². The minimum Gasteiger partial charge on any atom is -0.354 e. The lowest BCUT2D eigenvalue weighted by atomic mass is 10.1. The van der Waals surface area contributed by atoms with Gasteiger partial charge < -0.3 is 5.32 Å². The molecule has 3 rings (SSSR count). The average molecular weight is 283 g/mol. The molecule has 0 spiro atoms. The van der Waals surface area contributed by atoms with Gasteiger partial charge >= 0.3 is 0 Å². The normalized spacial score (nSPS) is 15.2. The minimum absolute atomic E-state index is 0.211. The Bertz CT molecular complexity index is 585. The molecule has 4 nitrogen and oxygen atoms in total. The molecule has 1 aliphatic carbocycles. The average Bonchev–Trinajstić information content (AvgIpc) is 3.20. The number of carbonyl (C=O) groups is 1. The van der Waals surface area contributed by atoms with E-state index < -0.39 is 0 Å². The Morgan fingerprint density at radius 3 is 2.71 bits per heavy atom. The summed E-state index contributed by atoms with van der Waals surface area (Å²) in [5.74, 6) is 0.449. The quantitative estimate of drug-likeness (QED) is 0.917. The maximum Gasteiger partial charge on any atom is 0.223 e. The molecule has 1 heterocycles. The van der Waals surface area contributed by atoms with Gasteiger partial charge in [0, 0.05) is 24.2 Å².